The van der Waals surface area contributed by atoms with Crippen LogP contribution < -0.4 is 5.32 Å². The number of aromatic nitrogens is 2. The van der Waals surface area contributed by atoms with Gasteiger partial charge >= 0.3 is 0 Å². The summed E-state index contributed by atoms with van der Waals surface area (Å²) in [6.07, 6.45) is 0. The highest BCUT2D eigenvalue weighted by molar-refractivity contribution is 5.87. The predicted octanol–water partition coefficient (Wildman–Crippen LogP) is 4.42. The minimum absolute atomic E-state index is 0.132. The van der Waals surface area contributed by atoms with Gasteiger partial charge in [0, 0.05) is 6.92 Å². The molecule has 0 aliphatic rings. The second kappa shape index (κ2) is 8.52. The summed E-state index contributed by atoms with van der Waals surface area (Å²) in [5.41, 5.74) is 2.72. The molecule has 1 amide bonds. The molecule has 1 atom stereocenters. The van der Waals surface area contributed by atoms with Gasteiger partial charge in [-0.25, -0.2) is 0 Å². The summed E-state index contributed by atoms with van der Waals surface area (Å²) in [5, 5.41) is 11.2. The number of carbonyl (C=O) groups excluding carboxylic acids is 1. The maximum Gasteiger partial charge on any atom is 0.243 e. The Balaban J connectivity index is 1.71. The lowest BCUT2D eigenvalue weighted by atomic mass is 9.90. The lowest BCUT2D eigenvalue weighted by molar-refractivity contribution is -0.122. The first kappa shape index (κ1) is 18.6. The van der Waals surface area contributed by atoms with Crippen molar-refractivity contribution < 1.29 is 9.21 Å². The predicted molar refractivity (Wildman–Crippen MR) is 110 cm³/mol. The maximum absolute atomic E-state index is 13.5. The number of nitrogens with zero attached hydrogens (tertiary/aromatic N) is 2. The van der Waals surface area contributed by atoms with Crippen molar-refractivity contribution in [3.63, 3.8) is 0 Å². The molecule has 0 saturated heterocycles. The second-order valence-electron chi connectivity index (χ2n) is 6.77. The van der Waals surface area contributed by atoms with Gasteiger partial charge < -0.3 is 9.73 Å². The molecule has 144 valence electrons. The van der Waals surface area contributed by atoms with E-state index in [1.807, 2.05) is 91.0 Å². The molecular weight excluding hydrogens is 362 g/mol. The van der Waals surface area contributed by atoms with E-state index in [0.29, 0.717) is 11.8 Å². The van der Waals surface area contributed by atoms with Crippen molar-refractivity contribution in [1.82, 2.24) is 15.5 Å². The van der Waals surface area contributed by atoms with Crippen LogP contribution >= 0.6 is 0 Å². The van der Waals surface area contributed by atoms with Gasteiger partial charge in [-0.15, -0.1) is 10.2 Å². The van der Waals surface area contributed by atoms with Gasteiger partial charge in [-0.2, -0.15) is 0 Å². The number of amides is 1. The van der Waals surface area contributed by atoms with E-state index in [-0.39, 0.29) is 5.91 Å². The van der Waals surface area contributed by atoms with Gasteiger partial charge in [-0.3, -0.25) is 4.79 Å². The molecule has 0 saturated carbocycles. The highest BCUT2D eigenvalue weighted by atomic mass is 16.4. The van der Waals surface area contributed by atoms with Gasteiger partial charge in [0.05, 0.1) is 5.92 Å². The summed E-state index contributed by atoms with van der Waals surface area (Å²) in [4.78, 5) is 13.5. The molecule has 0 spiro atoms. The van der Waals surface area contributed by atoms with Gasteiger partial charge in [0.1, 0.15) is 6.04 Å². The van der Waals surface area contributed by atoms with Crippen LogP contribution in [0.25, 0.3) is 0 Å². The fraction of sp³-hybridized carbons (Fsp3) is 0.125. The first-order chi connectivity index (χ1) is 14.2. The summed E-state index contributed by atoms with van der Waals surface area (Å²) in [7, 11) is 0. The summed E-state index contributed by atoms with van der Waals surface area (Å²) in [5.74, 6) is 0.236. The Bertz CT molecular complexity index is 1020. The first-order valence-electron chi connectivity index (χ1n) is 9.47. The van der Waals surface area contributed by atoms with E-state index in [1.165, 1.54) is 0 Å². The van der Waals surface area contributed by atoms with E-state index in [2.05, 4.69) is 15.5 Å². The van der Waals surface area contributed by atoms with E-state index >= 15 is 0 Å². The van der Waals surface area contributed by atoms with Gasteiger partial charge in [0.2, 0.25) is 17.7 Å². The molecule has 3 aromatic carbocycles. The van der Waals surface area contributed by atoms with Gasteiger partial charge in [-0.05, 0) is 16.7 Å². The van der Waals surface area contributed by atoms with Crippen molar-refractivity contribution >= 4 is 5.91 Å². The maximum atomic E-state index is 13.5. The zero-order chi connectivity index (χ0) is 20.1. The van der Waals surface area contributed by atoms with E-state index < -0.39 is 12.0 Å². The van der Waals surface area contributed by atoms with Crippen LogP contribution in [0.2, 0.25) is 0 Å². The second-order valence-corrected chi connectivity index (χ2v) is 6.77. The van der Waals surface area contributed by atoms with Crippen LogP contribution in [0, 0.1) is 6.92 Å². The summed E-state index contributed by atoms with van der Waals surface area (Å²) in [6, 6.07) is 28.6. The molecular formula is C24H21N3O2. The van der Waals surface area contributed by atoms with E-state index in [4.69, 9.17) is 4.42 Å². The Labute approximate surface area is 169 Å². The SMILES string of the molecule is Cc1nnc(C(NC(=O)C(c2ccccc2)c2ccccc2)c2ccccc2)o1. The summed E-state index contributed by atoms with van der Waals surface area (Å²) < 4.78 is 5.66. The Morgan fingerprint density at radius 3 is 1.69 bits per heavy atom. The minimum Gasteiger partial charge on any atom is -0.423 e. The summed E-state index contributed by atoms with van der Waals surface area (Å²) >= 11 is 0. The van der Waals surface area contributed by atoms with E-state index in [1.54, 1.807) is 6.92 Å². The van der Waals surface area contributed by atoms with Crippen molar-refractivity contribution in [2.24, 2.45) is 0 Å². The van der Waals surface area contributed by atoms with Crippen molar-refractivity contribution in [2.45, 2.75) is 18.9 Å². The molecule has 5 heteroatoms. The Morgan fingerprint density at radius 1 is 0.759 bits per heavy atom. The van der Waals surface area contributed by atoms with Crippen molar-refractivity contribution in [2.75, 3.05) is 0 Å². The zero-order valence-electron chi connectivity index (χ0n) is 16.0. The molecule has 29 heavy (non-hydrogen) atoms. The normalized spacial score (nSPS) is 11.9. The number of nitrogens with one attached hydrogen (secondary N) is 1. The molecule has 0 aliphatic carbocycles. The fourth-order valence-corrected chi connectivity index (χ4v) is 3.37. The monoisotopic (exact) mass is 383 g/mol. The number of benzene rings is 3. The van der Waals surface area contributed by atoms with Crippen LogP contribution in [0.5, 0.6) is 0 Å². The third-order valence-corrected chi connectivity index (χ3v) is 4.74. The van der Waals surface area contributed by atoms with E-state index in [0.717, 1.165) is 16.7 Å². The van der Waals surface area contributed by atoms with Crippen LogP contribution in [-0.2, 0) is 4.79 Å². The summed E-state index contributed by atoms with van der Waals surface area (Å²) in [6.45, 7) is 1.73. The lowest BCUT2D eigenvalue weighted by Crippen LogP contribution is -2.34. The fourth-order valence-electron chi connectivity index (χ4n) is 3.37. The largest absolute Gasteiger partial charge is 0.423 e. The number of aryl methyl sites for hydroxylation is 1. The molecule has 4 aromatic rings. The molecule has 0 radical (unpaired) electrons. The number of rotatable bonds is 6. The third kappa shape index (κ3) is 4.24. The van der Waals surface area contributed by atoms with Crippen molar-refractivity contribution in [3.8, 4) is 0 Å². The Hall–Kier alpha value is -3.73. The topological polar surface area (TPSA) is 68.0 Å². The van der Waals surface area contributed by atoms with Gasteiger partial charge in [-0.1, -0.05) is 91.0 Å². The van der Waals surface area contributed by atoms with Crippen LogP contribution in [0.1, 0.15) is 40.4 Å². The molecule has 1 heterocycles. The van der Waals surface area contributed by atoms with Crippen molar-refractivity contribution in [3.05, 3.63) is 119 Å². The molecule has 0 fully saturated rings. The average molecular weight is 383 g/mol. The van der Waals surface area contributed by atoms with Crippen LogP contribution in [-0.4, -0.2) is 16.1 Å². The molecule has 0 aliphatic heterocycles. The standard InChI is InChI=1S/C24H21N3O2/c1-17-26-27-24(29-17)22(20-15-9-4-10-16-20)25-23(28)21(18-11-5-2-6-12-18)19-13-7-3-8-14-19/h2-16,21-22H,1H3,(H,25,28). The Morgan fingerprint density at radius 2 is 1.24 bits per heavy atom. The smallest absolute Gasteiger partial charge is 0.243 e. The number of hydrogen-bond acceptors (Lipinski definition) is 4. The quantitative estimate of drug-likeness (QED) is 0.535. The minimum atomic E-state index is -0.528. The van der Waals surface area contributed by atoms with Crippen LogP contribution in [0.15, 0.2) is 95.4 Å². The molecule has 5 nitrogen and oxygen atoms in total. The number of hydrogen-bond donors (Lipinski definition) is 1. The molecule has 1 aromatic heterocycles. The van der Waals surface area contributed by atoms with Crippen LogP contribution in [0.3, 0.4) is 0 Å². The Kier molecular flexibility index (Phi) is 5.47. The first-order valence-corrected chi connectivity index (χ1v) is 9.47. The average Bonchev–Trinajstić information content (AvgIpc) is 3.20. The van der Waals surface area contributed by atoms with E-state index in [9.17, 15) is 4.79 Å². The molecule has 4 rings (SSSR count). The molecule has 1 unspecified atom stereocenters. The third-order valence-electron chi connectivity index (χ3n) is 4.74. The molecule has 0 bridgehead atoms. The number of carbonyl (C=O) groups is 1. The lowest BCUT2D eigenvalue weighted by Gasteiger charge is -2.22. The van der Waals surface area contributed by atoms with Crippen molar-refractivity contribution in [1.29, 1.82) is 0 Å². The molecule has 1 N–H and O–H groups in total. The highest BCUT2D eigenvalue weighted by Crippen LogP contribution is 2.28. The van der Waals surface area contributed by atoms with Gasteiger partial charge in [0.15, 0.2) is 0 Å². The van der Waals surface area contributed by atoms with Crippen LogP contribution in [0.4, 0.5) is 0 Å². The highest BCUT2D eigenvalue weighted by Gasteiger charge is 2.28. The van der Waals surface area contributed by atoms with Gasteiger partial charge in [0.25, 0.3) is 0 Å². The zero-order valence-corrected chi connectivity index (χ0v) is 16.0.